The third kappa shape index (κ3) is 4.25. The van der Waals surface area contributed by atoms with Crippen LogP contribution in [0.3, 0.4) is 0 Å². The Kier molecular flexibility index (Phi) is 6.06. The summed E-state index contributed by atoms with van der Waals surface area (Å²) in [5.41, 5.74) is 0.534. The fourth-order valence-corrected chi connectivity index (χ4v) is 4.61. The van der Waals surface area contributed by atoms with Gasteiger partial charge in [-0.05, 0) is 50.5 Å². The molecule has 2 atom stereocenters. The van der Waals surface area contributed by atoms with Crippen molar-refractivity contribution in [3.05, 3.63) is 24.3 Å². The van der Waals surface area contributed by atoms with Crippen LogP contribution in [0.1, 0.15) is 39.5 Å². The van der Waals surface area contributed by atoms with Crippen molar-refractivity contribution in [1.82, 2.24) is 4.31 Å². The number of benzene rings is 1. The van der Waals surface area contributed by atoms with Gasteiger partial charge in [0.2, 0.25) is 15.9 Å². The number of anilines is 1. The van der Waals surface area contributed by atoms with Crippen LogP contribution in [0, 0.1) is 0 Å². The Labute approximate surface area is 143 Å². The monoisotopic (exact) mass is 358 g/mol. The first-order valence-electron chi connectivity index (χ1n) is 7.93. The van der Waals surface area contributed by atoms with E-state index < -0.39 is 15.4 Å². The lowest BCUT2D eigenvalue weighted by molar-refractivity contribution is -0.115. The van der Waals surface area contributed by atoms with Crippen molar-refractivity contribution in [3.8, 4) is 0 Å². The van der Waals surface area contributed by atoms with Crippen molar-refractivity contribution in [1.29, 1.82) is 0 Å². The Morgan fingerprint density at radius 1 is 1.35 bits per heavy atom. The molecule has 0 saturated carbocycles. The van der Waals surface area contributed by atoms with E-state index in [1.54, 1.807) is 23.4 Å². The number of alkyl halides is 1. The summed E-state index contributed by atoms with van der Waals surface area (Å²) in [5.74, 6) is -0.315. The van der Waals surface area contributed by atoms with Crippen LogP contribution in [0.2, 0.25) is 0 Å². The van der Waals surface area contributed by atoms with Crippen molar-refractivity contribution in [2.45, 2.75) is 55.8 Å². The number of halogens is 1. The molecule has 128 valence electrons. The van der Waals surface area contributed by atoms with Gasteiger partial charge < -0.3 is 5.32 Å². The normalized spacial score (nSPS) is 20.9. The number of hydrogen-bond acceptors (Lipinski definition) is 3. The number of nitrogens with zero attached hydrogens (tertiary/aromatic N) is 1. The molecule has 0 unspecified atom stereocenters. The minimum absolute atomic E-state index is 0.0743. The van der Waals surface area contributed by atoms with Crippen LogP contribution in [-0.4, -0.2) is 36.6 Å². The molecule has 23 heavy (non-hydrogen) atoms. The molecule has 1 N–H and O–H groups in total. The summed E-state index contributed by atoms with van der Waals surface area (Å²) in [6.45, 7) is 4.17. The average molecular weight is 359 g/mol. The first kappa shape index (κ1) is 18.2. The number of piperidine rings is 1. The summed E-state index contributed by atoms with van der Waals surface area (Å²) in [6, 6.07) is 6.32. The minimum atomic E-state index is -3.49. The molecular formula is C16H23ClN2O3S. The molecule has 1 aromatic carbocycles. The predicted octanol–water partition coefficient (Wildman–Crippen LogP) is 3.21. The molecule has 1 saturated heterocycles. The zero-order valence-corrected chi connectivity index (χ0v) is 15.0. The van der Waals surface area contributed by atoms with Crippen LogP contribution in [0.25, 0.3) is 0 Å². The fraction of sp³-hybridized carbons (Fsp3) is 0.562. The van der Waals surface area contributed by atoms with E-state index in [2.05, 4.69) is 5.32 Å². The third-order valence-corrected chi connectivity index (χ3v) is 6.30. The molecule has 1 amide bonds. The maximum atomic E-state index is 12.8. The van der Waals surface area contributed by atoms with Crippen LogP contribution in [0.5, 0.6) is 0 Å². The highest BCUT2D eigenvalue weighted by atomic mass is 35.5. The fourth-order valence-electron chi connectivity index (χ4n) is 2.79. The van der Waals surface area contributed by atoms with E-state index in [1.807, 2.05) is 6.92 Å². The second-order valence-electron chi connectivity index (χ2n) is 5.80. The van der Waals surface area contributed by atoms with Gasteiger partial charge in [0.15, 0.2) is 0 Å². The molecule has 0 spiro atoms. The van der Waals surface area contributed by atoms with Crippen LogP contribution in [0.15, 0.2) is 29.2 Å². The maximum absolute atomic E-state index is 12.8. The molecule has 0 aromatic heterocycles. The van der Waals surface area contributed by atoms with E-state index in [9.17, 15) is 13.2 Å². The number of carbonyl (C=O) groups is 1. The summed E-state index contributed by atoms with van der Waals surface area (Å²) in [7, 11) is -3.49. The van der Waals surface area contributed by atoms with Gasteiger partial charge in [0.05, 0.1) is 4.90 Å². The summed E-state index contributed by atoms with van der Waals surface area (Å²) >= 11 is 5.70. The number of rotatable bonds is 5. The van der Waals surface area contributed by atoms with Crippen molar-refractivity contribution in [2.75, 3.05) is 11.9 Å². The Bertz CT molecular complexity index is 644. The van der Waals surface area contributed by atoms with Gasteiger partial charge >= 0.3 is 0 Å². The second-order valence-corrected chi connectivity index (χ2v) is 8.35. The topological polar surface area (TPSA) is 66.5 Å². The Balaban J connectivity index is 2.18. The van der Waals surface area contributed by atoms with Gasteiger partial charge in [-0.25, -0.2) is 8.42 Å². The molecule has 1 heterocycles. The van der Waals surface area contributed by atoms with Crippen molar-refractivity contribution >= 4 is 33.2 Å². The van der Waals surface area contributed by atoms with Gasteiger partial charge in [-0.15, -0.1) is 11.6 Å². The second kappa shape index (κ2) is 7.64. The lowest BCUT2D eigenvalue weighted by Gasteiger charge is -2.34. The highest BCUT2D eigenvalue weighted by Crippen LogP contribution is 2.27. The zero-order valence-electron chi connectivity index (χ0n) is 13.5. The lowest BCUT2D eigenvalue weighted by atomic mass is 10.0. The van der Waals surface area contributed by atoms with Gasteiger partial charge in [-0.3, -0.25) is 4.79 Å². The number of amides is 1. The van der Waals surface area contributed by atoms with Gasteiger partial charge in [0.1, 0.15) is 5.38 Å². The Morgan fingerprint density at radius 3 is 2.57 bits per heavy atom. The molecule has 0 aliphatic carbocycles. The molecule has 1 aliphatic rings. The van der Waals surface area contributed by atoms with Gasteiger partial charge in [-0.1, -0.05) is 13.3 Å². The number of sulfonamides is 1. The summed E-state index contributed by atoms with van der Waals surface area (Å²) in [4.78, 5) is 11.8. The number of carbonyl (C=O) groups excluding carboxylic acids is 1. The van der Waals surface area contributed by atoms with E-state index >= 15 is 0 Å². The SMILES string of the molecule is CC[C@H]1CCCCN1S(=O)(=O)c1ccc(NC(=O)[C@@H](C)Cl)cc1. The largest absolute Gasteiger partial charge is 0.325 e. The lowest BCUT2D eigenvalue weighted by Crippen LogP contribution is -2.43. The van der Waals surface area contributed by atoms with Crippen molar-refractivity contribution in [3.63, 3.8) is 0 Å². The van der Waals surface area contributed by atoms with Crippen molar-refractivity contribution in [2.24, 2.45) is 0 Å². The van der Waals surface area contributed by atoms with Gasteiger partial charge in [0.25, 0.3) is 0 Å². The molecule has 7 heteroatoms. The maximum Gasteiger partial charge on any atom is 0.243 e. The summed E-state index contributed by atoms with van der Waals surface area (Å²) in [5, 5.41) is 2.00. The van der Waals surface area contributed by atoms with Crippen LogP contribution in [-0.2, 0) is 14.8 Å². The summed E-state index contributed by atoms with van der Waals surface area (Å²) < 4.78 is 27.2. The minimum Gasteiger partial charge on any atom is -0.325 e. The van der Waals surface area contributed by atoms with Gasteiger partial charge in [0, 0.05) is 18.3 Å². The van der Waals surface area contributed by atoms with E-state index in [-0.39, 0.29) is 16.8 Å². The molecule has 2 rings (SSSR count). The van der Waals surface area contributed by atoms with E-state index in [4.69, 9.17) is 11.6 Å². The van der Waals surface area contributed by atoms with Gasteiger partial charge in [-0.2, -0.15) is 4.31 Å². The number of nitrogens with one attached hydrogen (secondary N) is 1. The molecule has 1 fully saturated rings. The molecule has 0 bridgehead atoms. The van der Waals surface area contributed by atoms with Crippen LogP contribution < -0.4 is 5.32 Å². The quantitative estimate of drug-likeness (QED) is 0.822. The average Bonchev–Trinajstić information content (AvgIpc) is 2.55. The molecule has 5 nitrogen and oxygen atoms in total. The number of hydrogen-bond donors (Lipinski definition) is 1. The highest BCUT2D eigenvalue weighted by Gasteiger charge is 2.32. The Hall–Kier alpha value is -1.11. The van der Waals surface area contributed by atoms with Crippen molar-refractivity contribution < 1.29 is 13.2 Å². The Morgan fingerprint density at radius 2 is 2.00 bits per heavy atom. The molecule has 0 radical (unpaired) electrons. The third-order valence-electron chi connectivity index (χ3n) is 4.13. The highest BCUT2D eigenvalue weighted by molar-refractivity contribution is 7.89. The predicted molar refractivity (Wildman–Crippen MR) is 92.2 cm³/mol. The first-order valence-corrected chi connectivity index (χ1v) is 9.80. The zero-order chi connectivity index (χ0) is 17.0. The standard InChI is InChI=1S/C16H23ClN2O3S/c1-3-14-6-4-5-11-19(14)23(21,22)15-9-7-13(8-10-15)18-16(20)12(2)17/h7-10,12,14H,3-6,11H2,1-2H3,(H,18,20)/t12-,14+/m1/s1. The summed E-state index contributed by atoms with van der Waals surface area (Å²) in [6.07, 6.45) is 3.71. The smallest absolute Gasteiger partial charge is 0.243 e. The van der Waals surface area contributed by atoms with Crippen LogP contribution in [0.4, 0.5) is 5.69 Å². The van der Waals surface area contributed by atoms with E-state index in [1.165, 1.54) is 12.1 Å². The van der Waals surface area contributed by atoms with E-state index in [0.29, 0.717) is 12.2 Å². The van der Waals surface area contributed by atoms with E-state index in [0.717, 1.165) is 25.7 Å². The molecular weight excluding hydrogens is 336 g/mol. The first-order chi connectivity index (χ1) is 10.9. The molecule has 1 aromatic rings. The molecule has 1 aliphatic heterocycles. The van der Waals surface area contributed by atoms with Crippen LogP contribution >= 0.6 is 11.6 Å².